The molecule has 0 aromatic heterocycles. The van der Waals surface area contributed by atoms with Crippen molar-refractivity contribution in [3.8, 4) is 5.75 Å². The molecule has 1 aromatic rings. The van der Waals surface area contributed by atoms with Crippen LogP contribution >= 0.6 is 0 Å². The van der Waals surface area contributed by atoms with E-state index in [-0.39, 0.29) is 12.2 Å². The predicted octanol–water partition coefficient (Wildman–Crippen LogP) is 1.51. The summed E-state index contributed by atoms with van der Waals surface area (Å²) in [6.07, 6.45) is 2.96. The molecule has 0 spiro atoms. The molecule has 0 saturated heterocycles. The molecule has 0 fully saturated rings. The van der Waals surface area contributed by atoms with Crippen LogP contribution in [0.1, 0.15) is 30.5 Å². The Labute approximate surface area is 118 Å². The number of aliphatic hydroxyl groups is 2. The first-order valence-electron chi connectivity index (χ1n) is 6.63. The molecule has 1 atom stereocenters. The number of hydrogen-bond donors (Lipinski definition) is 2. The zero-order chi connectivity index (χ0) is 14.9. The molecule has 108 valence electrons. The SMILES string of the molecule is COc1ccc2c(c1C[C@H](O)C(C)(C)O)CC(=O)C=C2. The molecule has 20 heavy (non-hydrogen) atoms. The smallest absolute Gasteiger partial charge is 0.160 e. The number of fused-ring (bicyclic) bond motifs is 1. The van der Waals surface area contributed by atoms with Crippen LogP contribution in [-0.4, -0.2) is 34.8 Å². The van der Waals surface area contributed by atoms with Gasteiger partial charge in [0.15, 0.2) is 5.78 Å². The van der Waals surface area contributed by atoms with Crippen LogP contribution < -0.4 is 4.74 Å². The summed E-state index contributed by atoms with van der Waals surface area (Å²) in [6, 6.07) is 3.72. The van der Waals surface area contributed by atoms with Gasteiger partial charge in [-0.2, -0.15) is 0 Å². The first-order chi connectivity index (χ1) is 9.32. The van der Waals surface area contributed by atoms with Crippen molar-refractivity contribution in [2.75, 3.05) is 7.11 Å². The minimum atomic E-state index is -1.21. The van der Waals surface area contributed by atoms with E-state index in [1.165, 1.54) is 0 Å². The van der Waals surface area contributed by atoms with Gasteiger partial charge in [-0.3, -0.25) is 4.79 Å². The molecule has 0 heterocycles. The molecule has 1 aliphatic carbocycles. The molecule has 2 N–H and O–H groups in total. The molecule has 1 aliphatic rings. The van der Waals surface area contributed by atoms with Crippen LogP contribution in [-0.2, 0) is 17.6 Å². The quantitative estimate of drug-likeness (QED) is 0.874. The lowest BCUT2D eigenvalue weighted by Gasteiger charge is -2.27. The van der Waals surface area contributed by atoms with E-state index in [4.69, 9.17) is 4.74 Å². The minimum Gasteiger partial charge on any atom is -0.496 e. The van der Waals surface area contributed by atoms with Gasteiger partial charge in [0.05, 0.1) is 18.8 Å². The van der Waals surface area contributed by atoms with Gasteiger partial charge in [-0.05, 0) is 37.1 Å². The van der Waals surface area contributed by atoms with Crippen molar-refractivity contribution in [2.45, 2.75) is 38.4 Å². The van der Waals surface area contributed by atoms with E-state index in [1.54, 1.807) is 33.1 Å². The summed E-state index contributed by atoms with van der Waals surface area (Å²) < 4.78 is 5.33. The molecule has 0 bridgehead atoms. The van der Waals surface area contributed by atoms with Crippen molar-refractivity contribution >= 4 is 11.9 Å². The van der Waals surface area contributed by atoms with Gasteiger partial charge in [0.2, 0.25) is 0 Å². The molecule has 4 heteroatoms. The van der Waals surface area contributed by atoms with Crippen LogP contribution in [0.2, 0.25) is 0 Å². The van der Waals surface area contributed by atoms with Gasteiger partial charge in [0, 0.05) is 18.4 Å². The van der Waals surface area contributed by atoms with Crippen LogP contribution in [0.5, 0.6) is 5.75 Å². The van der Waals surface area contributed by atoms with Crippen LogP contribution in [0.4, 0.5) is 0 Å². The third kappa shape index (κ3) is 2.92. The maximum absolute atomic E-state index is 11.6. The molecular weight excluding hydrogens is 256 g/mol. The second-order valence-corrected chi connectivity index (χ2v) is 5.66. The molecule has 4 nitrogen and oxygen atoms in total. The number of carbonyl (C=O) groups is 1. The van der Waals surface area contributed by atoms with E-state index < -0.39 is 11.7 Å². The van der Waals surface area contributed by atoms with Gasteiger partial charge in [-0.15, -0.1) is 0 Å². The normalized spacial score (nSPS) is 15.9. The van der Waals surface area contributed by atoms with E-state index in [0.717, 1.165) is 16.7 Å². The number of ether oxygens (including phenoxy) is 1. The highest BCUT2D eigenvalue weighted by molar-refractivity contribution is 5.98. The second-order valence-electron chi connectivity index (χ2n) is 5.66. The lowest BCUT2D eigenvalue weighted by molar-refractivity contribution is -0.114. The molecule has 0 radical (unpaired) electrons. The van der Waals surface area contributed by atoms with E-state index in [2.05, 4.69) is 0 Å². The highest BCUT2D eigenvalue weighted by Crippen LogP contribution is 2.31. The lowest BCUT2D eigenvalue weighted by atomic mass is 9.86. The first kappa shape index (κ1) is 14.8. The monoisotopic (exact) mass is 276 g/mol. The standard InChI is InChI=1S/C16H20O4/c1-16(2,19)15(18)9-13-12-8-11(17)6-4-10(12)5-7-14(13)20-3/h4-7,15,18-19H,8-9H2,1-3H3/t15-/m0/s1. The van der Waals surface area contributed by atoms with Crippen LogP contribution in [0.25, 0.3) is 6.08 Å². The van der Waals surface area contributed by atoms with Crippen LogP contribution in [0, 0.1) is 0 Å². The molecule has 0 unspecified atom stereocenters. The Balaban J connectivity index is 2.45. The lowest BCUT2D eigenvalue weighted by Crippen LogP contribution is -2.37. The fourth-order valence-corrected chi connectivity index (χ4v) is 2.33. The second kappa shape index (κ2) is 5.38. The van der Waals surface area contributed by atoms with Gasteiger partial charge in [0.25, 0.3) is 0 Å². The van der Waals surface area contributed by atoms with Gasteiger partial charge >= 0.3 is 0 Å². The summed E-state index contributed by atoms with van der Waals surface area (Å²) in [6.45, 7) is 3.12. The Morgan fingerprint density at radius 2 is 2.05 bits per heavy atom. The number of rotatable bonds is 4. The largest absolute Gasteiger partial charge is 0.496 e. The zero-order valence-electron chi connectivity index (χ0n) is 12.0. The number of carbonyl (C=O) groups excluding carboxylic acids is 1. The van der Waals surface area contributed by atoms with Crippen molar-refractivity contribution in [1.29, 1.82) is 0 Å². The van der Waals surface area contributed by atoms with E-state index >= 15 is 0 Å². The summed E-state index contributed by atoms with van der Waals surface area (Å²) >= 11 is 0. The van der Waals surface area contributed by atoms with E-state index in [9.17, 15) is 15.0 Å². The highest BCUT2D eigenvalue weighted by atomic mass is 16.5. The molecule has 0 aliphatic heterocycles. The molecule has 1 aromatic carbocycles. The Bertz CT molecular complexity index is 552. The number of methoxy groups -OCH3 is 1. The number of benzene rings is 1. The average Bonchev–Trinajstić information content (AvgIpc) is 2.38. The summed E-state index contributed by atoms with van der Waals surface area (Å²) in [5, 5.41) is 20.0. The summed E-state index contributed by atoms with van der Waals surface area (Å²) in [5.74, 6) is 0.667. The van der Waals surface area contributed by atoms with Crippen LogP contribution in [0.3, 0.4) is 0 Å². The zero-order valence-corrected chi connectivity index (χ0v) is 12.0. The number of hydrogen-bond acceptors (Lipinski definition) is 4. The Morgan fingerprint density at radius 3 is 2.65 bits per heavy atom. The third-order valence-electron chi connectivity index (χ3n) is 3.66. The van der Waals surface area contributed by atoms with Crippen molar-refractivity contribution in [3.05, 3.63) is 34.9 Å². The average molecular weight is 276 g/mol. The third-order valence-corrected chi connectivity index (χ3v) is 3.66. The van der Waals surface area contributed by atoms with Crippen molar-refractivity contribution < 1.29 is 19.7 Å². The fourth-order valence-electron chi connectivity index (χ4n) is 2.33. The number of ketones is 1. The van der Waals surface area contributed by atoms with E-state index in [1.807, 2.05) is 12.1 Å². The van der Waals surface area contributed by atoms with Crippen molar-refractivity contribution in [3.63, 3.8) is 0 Å². The van der Waals surface area contributed by atoms with Gasteiger partial charge < -0.3 is 14.9 Å². The maximum atomic E-state index is 11.6. The summed E-state index contributed by atoms with van der Waals surface area (Å²) in [4.78, 5) is 11.6. The maximum Gasteiger partial charge on any atom is 0.160 e. The predicted molar refractivity (Wildman–Crippen MR) is 76.7 cm³/mol. The Hall–Kier alpha value is -1.65. The number of allylic oxidation sites excluding steroid dienone is 1. The van der Waals surface area contributed by atoms with Gasteiger partial charge in [0.1, 0.15) is 5.75 Å². The van der Waals surface area contributed by atoms with Crippen molar-refractivity contribution in [2.24, 2.45) is 0 Å². The van der Waals surface area contributed by atoms with Crippen molar-refractivity contribution in [1.82, 2.24) is 0 Å². The van der Waals surface area contributed by atoms with Gasteiger partial charge in [-0.25, -0.2) is 0 Å². The number of aliphatic hydroxyl groups excluding tert-OH is 1. The van der Waals surface area contributed by atoms with E-state index in [0.29, 0.717) is 12.2 Å². The molecule has 2 rings (SSSR count). The topological polar surface area (TPSA) is 66.8 Å². The van der Waals surface area contributed by atoms with Gasteiger partial charge in [-0.1, -0.05) is 12.1 Å². The minimum absolute atomic E-state index is 0.0322. The molecule has 0 amide bonds. The molecule has 0 saturated carbocycles. The first-order valence-corrected chi connectivity index (χ1v) is 6.63. The summed E-state index contributed by atoms with van der Waals surface area (Å²) in [5.41, 5.74) is 1.42. The fraction of sp³-hybridized carbons (Fsp3) is 0.438. The van der Waals surface area contributed by atoms with Crippen LogP contribution in [0.15, 0.2) is 18.2 Å². The highest BCUT2D eigenvalue weighted by Gasteiger charge is 2.28. The Morgan fingerprint density at radius 1 is 1.35 bits per heavy atom. The Kier molecular flexibility index (Phi) is 3.97. The molecular formula is C16H20O4. The summed E-state index contributed by atoms with van der Waals surface area (Å²) in [7, 11) is 1.56.